The number of rotatable bonds is 4. The number of piperidine rings is 1. The molecule has 0 radical (unpaired) electrons. The summed E-state index contributed by atoms with van der Waals surface area (Å²) >= 11 is 0. The molecular weight excluding hydrogens is 414 g/mol. The maximum Gasteiger partial charge on any atom is 0.140 e. The number of nitrogens with two attached hydrogens (primary N) is 1. The SMILES string of the molecule is CC1(N)CCN(c2cccc3ccc(-c4cnc5cc(O[C@@H]6CCOC6)ccn45)nc23)CC1. The van der Waals surface area contributed by atoms with Gasteiger partial charge in [-0.2, -0.15) is 0 Å². The summed E-state index contributed by atoms with van der Waals surface area (Å²) in [5.74, 6) is 0.820. The molecule has 2 aliphatic heterocycles. The van der Waals surface area contributed by atoms with Gasteiger partial charge in [0.25, 0.3) is 0 Å². The van der Waals surface area contributed by atoms with E-state index in [-0.39, 0.29) is 11.6 Å². The molecule has 7 nitrogen and oxygen atoms in total. The highest BCUT2D eigenvalue weighted by molar-refractivity contribution is 5.92. The third-order valence-electron chi connectivity index (χ3n) is 6.88. The zero-order valence-electron chi connectivity index (χ0n) is 18.9. The van der Waals surface area contributed by atoms with E-state index in [1.807, 2.05) is 24.5 Å². The number of fused-ring (bicyclic) bond motifs is 2. The van der Waals surface area contributed by atoms with Crippen molar-refractivity contribution in [2.75, 3.05) is 31.2 Å². The molecule has 0 bridgehead atoms. The largest absolute Gasteiger partial charge is 0.488 e. The third kappa shape index (κ3) is 3.92. The molecule has 2 aliphatic rings. The fourth-order valence-corrected chi connectivity index (χ4v) is 4.81. The summed E-state index contributed by atoms with van der Waals surface area (Å²) in [4.78, 5) is 12.1. The van der Waals surface area contributed by atoms with E-state index in [1.165, 1.54) is 5.69 Å². The number of nitrogens with zero attached hydrogens (tertiary/aromatic N) is 4. The minimum absolute atomic E-state index is 0.0798. The highest BCUT2D eigenvalue weighted by Crippen LogP contribution is 2.32. The lowest BCUT2D eigenvalue weighted by molar-refractivity contribution is 0.141. The van der Waals surface area contributed by atoms with Crippen molar-refractivity contribution in [2.45, 2.75) is 37.8 Å². The van der Waals surface area contributed by atoms with Gasteiger partial charge in [-0.25, -0.2) is 9.97 Å². The maximum absolute atomic E-state index is 6.36. The maximum atomic E-state index is 6.36. The van der Waals surface area contributed by atoms with E-state index in [0.29, 0.717) is 6.61 Å². The van der Waals surface area contributed by atoms with Crippen molar-refractivity contribution in [2.24, 2.45) is 5.73 Å². The Balaban J connectivity index is 1.34. The van der Waals surface area contributed by atoms with Gasteiger partial charge >= 0.3 is 0 Å². The molecule has 33 heavy (non-hydrogen) atoms. The van der Waals surface area contributed by atoms with E-state index in [0.717, 1.165) is 72.6 Å². The van der Waals surface area contributed by atoms with Gasteiger partial charge in [-0.05, 0) is 38.0 Å². The molecule has 0 amide bonds. The highest BCUT2D eigenvalue weighted by Gasteiger charge is 2.27. The van der Waals surface area contributed by atoms with Crippen molar-refractivity contribution in [3.63, 3.8) is 0 Å². The van der Waals surface area contributed by atoms with Crippen LogP contribution in [0.4, 0.5) is 5.69 Å². The zero-order valence-corrected chi connectivity index (χ0v) is 18.9. The average Bonchev–Trinajstić information content (AvgIpc) is 3.48. The van der Waals surface area contributed by atoms with E-state index in [1.54, 1.807) is 0 Å². The summed E-state index contributed by atoms with van der Waals surface area (Å²) in [5.41, 5.74) is 11.2. The second-order valence-corrected chi connectivity index (χ2v) is 9.52. The number of hydrogen-bond acceptors (Lipinski definition) is 6. The minimum atomic E-state index is -0.0798. The number of imidazole rings is 1. The topological polar surface area (TPSA) is 77.9 Å². The second-order valence-electron chi connectivity index (χ2n) is 9.52. The van der Waals surface area contributed by atoms with Crippen LogP contribution in [0.2, 0.25) is 0 Å². The molecule has 0 saturated carbocycles. The van der Waals surface area contributed by atoms with Crippen LogP contribution in [0.5, 0.6) is 5.75 Å². The zero-order chi connectivity index (χ0) is 22.4. The number of anilines is 1. The first-order valence-corrected chi connectivity index (χ1v) is 11.7. The quantitative estimate of drug-likeness (QED) is 0.513. The molecule has 0 unspecified atom stereocenters. The van der Waals surface area contributed by atoms with Gasteiger partial charge in [-0.1, -0.05) is 18.2 Å². The molecule has 1 aromatic carbocycles. The molecule has 4 aromatic rings. The number of benzene rings is 1. The smallest absolute Gasteiger partial charge is 0.140 e. The van der Waals surface area contributed by atoms with Crippen LogP contribution in [0, 0.1) is 0 Å². The van der Waals surface area contributed by atoms with Crippen LogP contribution in [0.15, 0.2) is 54.9 Å². The average molecular weight is 444 g/mol. The van der Waals surface area contributed by atoms with Crippen LogP contribution in [-0.2, 0) is 4.74 Å². The number of pyridine rings is 2. The van der Waals surface area contributed by atoms with Crippen molar-refractivity contribution < 1.29 is 9.47 Å². The number of aromatic nitrogens is 3. The Kier molecular flexibility index (Phi) is 4.96. The molecular formula is C26H29N5O2. The van der Waals surface area contributed by atoms with Gasteiger partial charge in [-0.3, -0.25) is 4.40 Å². The number of hydrogen-bond donors (Lipinski definition) is 1. The molecule has 5 heterocycles. The Labute approximate surface area is 193 Å². The molecule has 2 saturated heterocycles. The van der Waals surface area contributed by atoms with Gasteiger partial charge in [0, 0.05) is 42.7 Å². The van der Waals surface area contributed by atoms with Gasteiger partial charge in [0.2, 0.25) is 0 Å². The van der Waals surface area contributed by atoms with Crippen molar-refractivity contribution in [3.05, 3.63) is 54.9 Å². The fraction of sp³-hybridized carbons (Fsp3) is 0.385. The molecule has 170 valence electrons. The molecule has 6 rings (SSSR count). The first-order valence-electron chi connectivity index (χ1n) is 11.7. The van der Waals surface area contributed by atoms with Gasteiger partial charge in [0.05, 0.1) is 42.0 Å². The lowest BCUT2D eigenvalue weighted by Crippen LogP contribution is -2.48. The minimum Gasteiger partial charge on any atom is -0.488 e. The first-order chi connectivity index (χ1) is 16.1. The van der Waals surface area contributed by atoms with Crippen LogP contribution < -0.4 is 15.4 Å². The van der Waals surface area contributed by atoms with Gasteiger partial charge in [0.15, 0.2) is 0 Å². The number of para-hydroxylation sites is 1. The predicted molar refractivity (Wildman–Crippen MR) is 130 cm³/mol. The standard InChI is InChI=1S/C26H29N5O2/c1-26(27)9-12-30(13-10-26)22-4-2-3-18-5-6-21(29-25(18)22)23-16-28-24-15-19(7-11-31(23)24)33-20-8-14-32-17-20/h2-7,11,15-16,20H,8-10,12-14,17,27H2,1H3/t20-/m1/s1. The summed E-state index contributed by atoms with van der Waals surface area (Å²) in [6.07, 6.45) is 6.90. The lowest BCUT2D eigenvalue weighted by Gasteiger charge is -2.38. The molecule has 1 atom stereocenters. The van der Waals surface area contributed by atoms with E-state index in [9.17, 15) is 0 Å². The molecule has 3 aromatic heterocycles. The fourth-order valence-electron chi connectivity index (χ4n) is 4.81. The summed E-state index contributed by atoms with van der Waals surface area (Å²) < 4.78 is 13.5. The van der Waals surface area contributed by atoms with Crippen molar-refractivity contribution >= 4 is 22.2 Å². The molecule has 2 fully saturated rings. The van der Waals surface area contributed by atoms with Gasteiger partial charge in [0.1, 0.15) is 17.5 Å². The first kappa shape index (κ1) is 20.4. The van der Waals surface area contributed by atoms with E-state index in [4.69, 9.17) is 20.2 Å². The third-order valence-corrected chi connectivity index (χ3v) is 6.88. The van der Waals surface area contributed by atoms with E-state index in [2.05, 4.69) is 51.5 Å². The van der Waals surface area contributed by atoms with Crippen LogP contribution in [0.1, 0.15) is 26.2 Å². The second kappa shape index (κ2) is 8.01. The highest BCUT2D eigenvalue weighted by atomic mass is 16.5. The molecule has 0 aliphatic carbocycles. The molecule has 0 spiro atoms. The van der Waals surface area contributed by atoms with Crippen molar-refractivity contribution in [3.8, 4) is 17.1 Å². The Hall–Kier alpha value is -3.16. The monoisotopic (exact) mass is 443 g/mol. The summed E-state index contributed by atoms with van der Waals surface area (Å²) in [7, 11) is 0. The van der Waals surface area contributed by atoms with E-state index >= 15 is 0 Å². The summed E-state index contributed by atoms with van der Waals surface area (Å²) in [6.45, 7) is 5.45. The molecule has 7 heteroatoms. The van der Waals surface area contributed by atoms with Gasteiger partial charge in [-0.15, -0.1) is 0 Å². The van der Waals surface area contributed by atoms with Crippen molar-refractivity contribution in [1.82, 2.24) is 14.4 Å². The van der Waals surface area contributed by atoms with E-state index < -0.39 is 0 Å². The number of ether oxygens (including phenoxy) is 2. The summed E-state index contributed by atoms with van der Waals surface area (Å²) in [5, 5.41) is 1.14. The van der Waals surface area contributed by atoms with Crippen LogP contribution >= 0.6 is 0 Å². The lowest BCUT2D eigenvalue weighted by atomic mass is 9.90. The summed E-state index contributed by atoms with van der Waals surface area (Å²) in [6, 6.07) is 14.6. The normalized spacial score (nSPS) is 20.5. The van der Waals surface area contributed by atoms with Crippen LogP contribution in [-0.4, -0.2) is 52.3 Å². The van der Waals surface area contributed by atoms with Crippen LogP contribution in [0.3, 0.4) is 0 Å². The predicted octanol–water partition coefficient (Wildman–Crippen LogP) is 4.03. The van der Waals surface area contributed by atoms with Crippen LogP contribution in [0.25, 0.3) is 27.9 Å². The molecule has 2 N–H and O–H groups in total. The Morgan fingerprint density at radius 2 is 2.03 bits per heavy atom. The Morgan fingerprint density at radius 3 is 2.85 bits per heavy atom. The van der Waals surface area contributed by atoms with Gasteiger partial charge < -0.3 is 20.1 Å². The Bertz CT molecular complexity index is 1300. The Morgan fingerprint density at radius 1 is 1.15 bits per heavy atom. The van der Waals surface area contributed by atoms with Crippen molar-refractivity contribution in [1.29, 1.82) is 0 Å².